The molecular weight excluding hydrogens is 236 g/mol. The van der Waals surface area contributed by atoms with Crippen molar-refractivity contribution in [2.45, 2.75) is 38.6 Å². The van der Waals surface area contributed by atoms with Crippen molar-refractivity contribution < 1.29 is 19.8 Å². The molecule has 6 nitrogen and oxygen atoms in total. The number of aliphatic hydroxyl groups is 1. The van der Waals surface area contributed by atoms with Crippen molar-refractivity contribution in [3.63, 3.8) is 0 Å². The van der Waals surface area contributed by atoms with Crippen molar-refractivity contribution >= 4 is 12.0 Å². The average Bonchev–Trinajstić information content (AvgIpc) is 2.77. The summed E-state index contributed by atoms with van der Waals surface area (Å²) in [5, 5.41) is 20.6. The molecule has 1 aliphatic carbocycles. The van der Waals surface area contributed by atoms with Crippen molar-refractivity contribution in [2.75, 3.05) is 19.7 Å². The smallest absolute Gasteiger partial charge is 0.317 e. The van der Waals surface area contributed by atoms with Gasteiger partial charge in [-0.3, -0.25) is 4.79 Å². The Bertz CT molecular complexity index is 290. The van der Waals surface area contributed by atoms with Gasteiger partial charge in [0.25, 0.3) is 0 Å². The van der Waals surface area contributed by atoms with Gasteiger partial charge in [-0.15, -0.1) is 0 Å². The first kappa shape index (κ1) is 14.8. The molecule has 0 bridgehead atoms. The van der Waals surface area contributed by atoms with E-state index in [0.29, 0.717) is 32.4 Å². The zero-order valence-corrected chi connectivity index (χ0v) is 10.8. The molecule has 2 atom stereocenters. The highest BCUT2D eigenvalue weighted by atomic mass is 16.4. The fourth-order valence-electron chi connectivity index (χ4n) is 2.31. The monoisotopic (exact) mass is 258 g/mol. The number of nitrogens with zero attached hydrogens (tertiary/aromatic N) is 1. The van der Waals surface area contributed by atoms with Gasteiger partial charge in [0.2, 0.25) is 0 Å². The average molecular weight is 258 g/mol. The summed E-state index contributed by atoms with van der Waals surface area (Å²) in [5.41, 5.74) is 0. The Balaban J connectivity index is 2.41. The Hall–Kier alpha value is -1.30. The molecule has 0 radical (unpaired) electrons. The number of rotatable bonds is 6. The van der Waals surface area contributed by atoms with Gasteiger partial charge in [0.05, 0.1) is 12.5 Å². The van der Waals surface area contributed by atoms with Gasteiger partial charge in [0, 0.05) is 19.1 Å². The summed E-state index contributed by atoms with van der Waals surface area (Å²) in [4.78, 5) is 24.3. The minimum atomic E-state index is -0.785. The molecule has 1 saturated carbocycles. The summed E-state index contributed by atoms with van der Waals surface area (Å²) in [5.74, 6) is -1.12. The molecule has 0 spiro atoms. The maximum absolute atomic E-state index is 11.9. The number of carboxylic acid groups (broad SMARTS) is 1. The first-order chi connectivity index (χ1) is 8.58. The maximum atomic E-state index is 11.9. The number of carbonyl (C=O) groups is 2. The highest BCUT2D eigenvalue weighted by Crippen LogP contribution is 2.25. The number of hydrogen-bond acceptors (Lipinski definition) is 3. The SMILES string of the molecule is CCCN(CCO)C(=O)NC1CCC(C(=O)O)C1. The van der Waals surface area contributed by atoms with Crippen molar-refractivity contribution in [3.8, 4) is 0 Å². The summed E-state index contributed by atoms with van der Waals surface area (Å²) in [6, 6.07) is -0.265. The topological polar surface area (TPSA) is 89.9 Å². The van der Waals surface area contributed by atoms with Crippen LogP contribution >= 0.6 is 0 Å². The number of carbonyl (C=O) groups excluding carboxylic acids is 1. The fraction of sp³-hybridized carbons (Fsp3) is 0.833. The first-order valence-electron chi connectivity index (χ1n) is 6.47. The molecule has 1 fully saturated rings. The Kier molecular flexibility index (Phi) is 5.91. The van der Waals surface area contributed by atoms with Crippen molar-refractivity contribution in [3.05, 3.63) is 0 Å². The quantitative estimate of drug-likeness (QED) is 0.652. The number of nitrogens with one attached hydrogen (secondary N) is 1. The summed E-state index contributed by atoms with van der Waals surface area (Å²) in [6.07, 6.45) is 2.66. The first-order valence-corrected chi connectivity index (χ1v) is 6.47. The number of amides is 2. The van der Waals surface area contributed by atoms with E-state index >= 15 is 0 Å². The van der Waals surface area contributed by atoms with Crippen molar-refractivity contribution in [1.29, 1.82) is 0 Å². The number of aliphatic carboxylic acids is 1. The third-order valence-electron chi connectivity index (χ3n) is 3.26. The standard InChI is InChI=1S/C12H22N2O4/c1-2-5-14(6-7-15)12(18)13-10-4-3-9(8-10)11(16)17/h9-10,15H,2-8H2,1H3,(H,13,18)(H,16,17). The second kappa shape index (κ2) is 7.20. The van der Waals surface area contributed by atoms with E-state index < -0.39 is 5.97 Å². The molecule has 1 rings (SSSR count). The van der Waals surface area contributed by atoms with E-state index in [4.69, 9.17) is 10.2 Å². The third-order valence-corrected chi connectivity index (χ3v) is 3.26. The zero-order chi connectivity index (χ0) is 13.5. The van der Waals surface area contributed by atoms with Crippen LogP contribution in [0.5, 0.6) is 0 Å². The Morgan fingerprint density at radius 3 is 2.56 bits per heavy atom. The van der Waals surface area contributed by atoms with Crippen LogP contribution < -0.4 is 5.32 Å². The molecule has 0 aromatic carbocycles. The van der Waals surface area contributed by atoms with Crippen molar-refractivity contribution in [1.82, 2.24) is 10.2 Å². The lowest BCUT2D eigenvalue weighted by Crippen LogP contribution is -2.45. The van der Waals surface area contributed by atoms with Gasteiger partial charge >= 0.3 is 12.0 Å². The number of aliphatic hydroxyl groups excluding tert-OH is 1. The van der Waals surface area contributed by atoms with E-state index in [1.807, 2.05) is 6.92 Å². The Morgan fingerprint density at radius 1 is 1.33 bits per heavy atom. The van der Waals surface area contributed by atoms with E-state index in [1.54, 1.807) is 4.90 Å². The predicted molar refractivity (Wildman–Crippen MR) is 66.2 cm³/mol. The zero-order valence-electron chi connectivity index (χ0n) is 10.8. The van der Waals surface area contributed by atoms with Gasteiger partial charge in [-0.2, -0.15) is 0 Å². The van der Waals surface area contributed by atoms with Crippen LogP contribution in [-0.2, 0) is 4.79 Å². The summed E-state index contributed by atoms with van der Waals surface area (Å²) in [7, 11) is 0. The Morgan fingerprint density at radius 2 is 2.06 bits per heavy atom. The number of urea groups is 1. The van der Waals surface area contributed by atoms with E-state index in [1.165, 1.54) is 0 Å². The number of hydrogen-bond donors (Lipinski definition) is 3. The largest absolute Gasteiger partial charge is 0.481 e. The van der Waals surface area contributed by atoms with Crippen LogP contribution in [0.3, 0.4) is 0 Å². The van der Waals surface area contributed by atoms with Crippen LogP contribution in [0.1, 0.15) is 32.6 Å². The van der Waals surface area contributed by atoms with E-state index in [2.05, 4.69) is 5.32 Å². The second-order valence-electron chi connectivity index (χ2n) is 4.71. The van der Waals surface area contributed by atoms with Crippen LogP contribution in [0.15, 0.2) is 0 Å². The molecule has 2 unspecified atom stereocenters. The van der Waals surface area contributed by atoms with Gasteiger partial charge in [0.1, 0.15) is 0 Å². The molecule has 2 amide bonds. The van der Waals surface area contributed by atoms with Crippen LogP contribution in [0, 0.1) is 5.92 Å². The molecule has 3 N–H and O–H groups in total. The van der Waals surface area contributed by atoms with Gasteiger partial charge in [-0.1, -0.05) is 6.92 Å². The van der Waals surface area contributed by atoms with Gasteiger partial charge in [-0.05, 0) is 25.7 Å². The normalized spacial score (nSPS) is 22.8. The molecule has 0 aromatic rings. The van der Waals surface area contributed by atoms with Gasteiger partial charge in [-0.25, -0.2) is 4.79 Å². The van der Waals surface area contributed by atoms with Crippen LogP contribution in [0.25, 0.3) is 0 Å². The fourth-order valence-corrected chi connectivity index (χ4v) is 2.31. The van der Waals surface area contributed by atoms with Gasteiger partial charge in [0.15, 0.2) is 0 Å². The molecule has 1 aliphatic rings. The van der Waals surface area contributed by atoms with Gasteiger partial charge < -0.3 is 20.4 Å². The lowest BCUT2D eigenvalue weighted by Gasteiger charge is -2.24. The van der Waals surface area contributed by atoms with Crippen LogP contribution in [0.2, 0.25) is 0 Å². The minimum absolute atomic E-state index is 0.0587. The summed E-state index contributed by atoms with van der Waals surface area (Å²) < 4.78 is 0. The molecular formula is C12H22N2O4. The lowest BCUT2D eigenvalue weighted by atomic mass is 10.1. The van der Waals surface area contributed by atoms with E-state index in [-0.39, 0.29) is 24.6 Å². The second-order valence-corrected chi connectivity index (χ2v) is 4.71. The van der Waals surface area contributed by atoms with Crippen LogP contribution in [-0.4, -0.2) is 52.9 Å². The molecule has 0 saturated heterocycles. The van der Waals surface area contributed by atoms with E-state index in [0.717, 1.165) is 6.42 Å². The van der Waals surface area contributed by atoms with Crippen LogP contribution in [0.4, 0.5) is 4.79 Å². The Labute approximate surface area is 107 Å². The molecule has 0 heterocycles. The highest BCUT2D eigenvalue weighted by molar-refractivity contribution is 5.75. The molecule has 104 valence electrons. The van der Waals surface area contributed by atoms with Crippen molar-refractivity contribution in [2.24, 2.45) is 5.92 Å². The third kappa shape index (κ3) is 4.18. The molecule has 18 heavy (non-hydrogen) atoms. The molecule has 0 aliphatic heterocycles. The maximum Gasteiger partial charge on any atom is 0.317 e. The number of carboxylic acids is 1. The minimum Gasteiger partial charge on any atom is -0.481 e. The van der Waals surface area contributed by atoms with E-state index in [9.17, 15) is 9.59 Å². The highest BCUT2D eigenvalue weighted by Gasteiger charge is 2.31. The summed E-state index contributed by atoms with van der Waals surface area (Å²) in [6.45, 7) is 2.82. The lowest BCUT2D eigenvalue weighted by molar-refractivity contribution is -0.141. The molecule has 6 heteroatoms. The predicted octanol–water partition coefficient (Wildman–Crippen LogP) is 0.654. The molecule has 0 aromatic heterocycles. The summed E-state index contributed by atoms with van der Waals surface area (Å²) >= 11 is 0.